The van der Waals surface area contributed by atoms with Crippen LogP contribution in [0.15, 0.2) is 36.5 Å². The van der Waals surface area contributed by atoms with Gasteiger partial charge in [0.2, 0.25) is 0 Å². The topological polar surface area (TPSA) is 117 Å². The largest absolute Gasteiger partial charge is 0.454 e. The van der Waals surface area contributed by atoms with E-state index in [0.717, 1.165) is 44.5 Å². The molecule has 1 aliphatic carbocycles. The fourth-order valence-electron chi connectivity index (χ4n) is 5.40. The van der Waals surface area contributed by atoms with Crippen molar-refractivity contribution in [3.63, 3.8) is 0 Å². The highest BCUT2D eigenvalue weighted by Gasteiger charge is 2.43. The summed E-state index contributed by atoms with van der Waals surface area (Å²) in [6.45, 7) is 0.729. The standard InChI is InChI=1S/C26H28F3N5O3/c27-26(28,29)23(35)16-4-8-22(32-13-16)34-18-5-6-19(34)11-17(10-18)33-25(37)15-3-7-20(24(30)36)21(9-15)31-12-14-1-2-14/h3-4,7-9,13-14,17-19,31H,1-2,5-6,10-12H2,(H2,30,36)(H,33,37)/t17?,18-,19+. The summed E-state index contributed by atoms with van der Waals surface area (Å²) < 4.78 is 38.1. The molecule has 2 aromatic rings. The summed E-state index contributed by atoms with van der Waals surface area (Å²) in [4.78, 5) is 42.6. The van der Waals surface area contributed by atoms with Crippen LogP contribution < -0.4 is 21.3 Å². The van der Waals surface area contributed by atoms with Gasteiger partial charge in [0.15, 0.2) is 0 Å². The average Bonchev–Trinajstić information content (AvgIpc) is 3.65. The molecule has 3 atom stereocenters. The molecule has 4 N–H and O–H groups in total. The molecule has 11 heteroatoms. The Kier molecular flexibility index (Phi) is 6.55. The number of piperidine rings is 1. The second-order valence-electron chi connectivity index (χ2n) is 10.1. The minimum absolute atomic E-state index is 0.0775. The van der Waals surface area contributed by atoms with E-state index in [2.05, 4.69) is 20.5 Å². The van der Waals surface area contributed by atoms with Crippen LogP contribution in [0.4, 0.5) is 24.7 Å². The number of benzene rings is 1. The number of carbonyl (C=O) groups excluding carboxylic acids is 3. The van der Waals surface area contributed by atoms with E-state index in [1.165, 1.54) is 6.07 Å². The van der Waals surface area contributed by atoms with Gasteiger partial charge < -0.3 is 21.3 Å². The number of fused-ring (bicyclic) bond motifs is 2. The third-order valence-corrected chi connectivity index (χ3v) is 7.43. The van der Waals surface area contributed by atoms with Crippen LogP contribution in [0.3, 0.4) is 0 Å². The number of nitrogens with one attached hydrogen (secondary N) is 2. The SMILES string of the molecule is NC(=O)c1ccc(C(=O)NC2C[C@H]3CC[C@@H](C2)N3c2ccc(C(=O)C(F)(F)F)cn2)cc1NCC1CC1. The van der Waals surface area contributed by atoms with Crippen LogP contribution in [0.25, 0.3) is 0 Å². The van der Waals surface area contributed by atoms with Gasteiger partial charge in [-0.15, -0.1) is 0 Å². The molecule has 2 aliphatic heterocycles. The quantitative estimate of drug-likeness (QED) is 0.462. The molecule has 1 aromatic heterocycles. The molecule has 2 saturated heterocycles. The summed E-state index contributed by atoms with van der Waals surface area (Å²) in [6.07, 6.45) is 1.42. The number of carbonyl (C=O) groups is 3. The Balaban J connectivity index is 1.24. The van der Waals surface area contributed by atoms with Crippen molar-refractivity contribution in [2.24, 2.45) is 11.7 Å². The molecule has 196 valence electrons. The Morgan fingerprint density at radius 1 is 1.00 bits per heavy atom. The number of nitrogens with zero attached hydrogens (tertiary/aromatic N) is 2. The van der Waals surface area contributed by atoms with E-state index in [0.29, 0.717) is 41.4 Å². The van der Waals surface area contributed by atoms with Crippen molar-refractivity contribution in [2.45, 2.75) is 62.8 Å². The van der Waals surface area contributed by atoms with E-state index in [9.17, 15) is 27.6 Å². The van der Waals surface area contributed by atoms with E-state index in [1.807, 2.05) is 0 Å². The molecular weight excluding hydrogens is 487 g/mol. The van der Waals surface area contributed by atoms with E-state index in [-0.39, 0.29) is 24.0 Å². The van der Waals surface area contributed by atoms with Gasteiger partial charge in [0, 0.05) is 47.7 Å². The summed E-state index contributed by atoms with van der Waals surface area (Å²) >= 11 is 0. The third kappa shape index (κ3) is 5.40. The number of amides is 2. The maximum Gasteiger partial charge on any atom is 0.454 e. The normalized spacial score (nSPS) is 23.0. The first-order valence-corrected chi connectivity index (χ1v) is 12.4. The third-order valence-electron chi connectivity index (χ3n) is 7.43. The lowest BCUT2D eigenvalue weighted by Crippen LogP contribution is -2.50. The molecule has 8 nitrogen and oxygen atoms in total. The predicted octanol–water partition coefficient (Wildman–Crippen LogP) is 3.68. The molecular formula is C26H28F3N5O3. The molecule has 3 fully saturated rings. The molecule has 1 saturated carbocycles. The molecule has 5 rings (SSSR count). The summed E-state index contributed by atoms with van der Waals surface area (Å²) in [5.41, 5.74) is 6.35. The second kappa shape index (κ2) is 9.68. The molecule has 1 aromatic carbocycles. The highest BCUT2D eigenvalue weighted by Crippen LogP contribution is 2.39. The van der Waals surface area contributed by atoms with E-state index in [1.54, 1.807) is 18.2 Å². The molecule has 0 radical (unpaired) electrons. The number of nitrogens with two attached hydrogens (primary N) is 1. The Bertz CT molecular complexity index is 1200. The van der Waals surface area contributed by atoms with E-state index in [4.69, 9.17) is 5.73 Å². The summed E-state index contributed by atoms with van der Waals surface area (Å²) in [6, 6.07) is 7.52. The molecule has 37 heavy (non-hydrogen) atoms. The molecule has 2 bridgehead atoms. The maximum atomic E-state index is 13.1. The van der Waals surface area contributed by atoms with Crippen LogP contribution in [0.5, 0.6) is 0 Å². The first kappa shape index (κ1) is 25.0. The Labute approximate surface area is 211 Å². The number of rotatable bonds is 8. The Morgan fingerprint density at radius 2 is 1.68 bits per heavy atom. The first-order chi connectivity index (χ1) is 17.6. The molecule has 3 heterocycles. The second-order valence-corrected chi connectivity index (χ2v) is 10.1. The molecule has 1 unspecified atom stereocenters. The minimum Gasteiger partial charge on any atom is -0.384 e. The lowest BCUT2D eigenvalue weighted by atomic mass is 9.96. The van der Waals surface area contributed by atoms with Gasteiger partial charge >= 0.3 is 6.18 Å². The van der Waals surface area contributed by atoms with Crippen LogP contribution >= 0.6 is 0 Å². The Morgan fingerprint density at radius 3 is 2.24 bits per heavy atom. The molecule has 2 amide bonds. The zero-order chi connectivity index (χ0) is 26.3. The van der Waals surface area contributed by atoms with Gasteiger partial charge in [-0.2, -0.15) is 13.2 Å². The highest BCUT2D eigenvalue weighted by atomic mass is 19.4. The van der Waals surface area contributed by atoms with Crippen molar-refractivity contribution in [1.29, 1.82) is 0 Å². The number of ketones is 1. The number of hydrogen-bond donors (Lipinski definition) is 3. The van der Waals surface area contributed by atoms with E-state index >= 15 is 0 Å². The average molecular weight is 516 g/mol. The number of halogens is 3. The van der Waals surface area contributed by atoms with E-state index < -0.39 is 23.4 Å². The zero-order valence-corrected chi connectivity index (χ0v) is 20.1. The number of aromatic nitrogens is 1. The number of pyridine rings is 1. The van der Waals surface area contributed by atoms with Crippen LogP contribution in [0, 0.1) is 5.92 Å². The number of alkyl halides is 3. The van der Waals surface area contributed by atoms with Crippen molar-refractivity contribution in [3.8, 4) is 0 Å². The lowest BCUT2D eigenvalue weighted by Gasteiger charge is -2.40. The van der Waals surface area contributed by atoms with Crippen molar-refractivity contribution < 1.29 is 27.6 Å². The minimum atomic E-state index is -4.94. The summed E-state index contributed by atoms with van der Waals surface area (Å²) in [7, 11) is 0. The monoisotopic (exact) mass is 515 g/mol. The van der Waals surface area contributed by atoms with Crippen LogP contribution in [0.1, 0.15) is 69.6 Å². The van der Waals surface area contributed by atoms with Crippen LogP contribution in [-0.4, -0.2) is 53.4 Å². The van der Waals surface area contributed by atoms with Gasteiger partial charge in [-0.3, -0.25) is 14.4 Å². The van der Waals surface area contributed by atoms with Crippen molar-refractivity contribution in [3.05, 3.63) is 53.2 Å². The van der Waals surface area contributed by atoms with Gasteiger partial charge in [0.1, 0.15) is 5.82 Å². The maximum absolute atomic E-state index is 13.1. The van der Waals surface area contributed by atoms with Gasteiger partial charge in [0.05, 0.1) is 5.56 Å². The van der Waals surface area contributed by atoms with Crippen LogP contribution in [0.2, 0.25) is 0 Å². The fourth-order valence-corrected chi connectivity index (χ4v) is 5.40. The number of Topliss-reactive ketones (excluding diaryl/α,β-unsaturated/α-hetero) is 1. The molecule has 3 aliphatic rings. The predicted molar refractivity (Wildman–Crippen MR) is 131 cm³/mol. The Hall–Kier alpha value is -3.63. The smallest absolute Gasteiger partial charge is 0.384 e. The molecule has 0 spiro atoms. The first-order valence-electron chi connectivity index (χ1n) is 12.4. The van der Waals surface area contributed by atoms with Gasteiger partial charge in [-0.25, -0.2) is 4.98 Å². The van der Waals surface area contributed by atoms with Crippen molar-refractivity contribution >= 4 is 29.1 Å². The highest BCUT2D eigenvalue weighted by molar-refractivity contribution is 6.02. The number of hydrogen-bond acceptors (Lipinski definition) is 6. The van der Waals surface area contributed by atoms with Gasteiger partial charge in [-0.05, 0) is 74.8 Å². The fraction of sp³-hybridized carbons (Fsp3) is 0.462. The van der Waals surface area contributed by atoms with Gasteiger partial charge in [-0.1, -0.05) is 0 Å². The number of primary amides is 1. The number of anilines is 2. The zero-order valence-electron chi connectivity index (χ0n) is 20.1. The summed E-state index contributed by atoms with van der Waals surface area (Å²) in [5.74, 6) is -1.60. The van der Waals surface area contributed by atoms with Crippen LogP contribution in [-0.2, 0) is 0 Å². The summed E-state index contributed by atoms with van der Waals surface area (Å²) in [5, 5.41) is 6.35. The van der Waals surface area contributed by atoms with Gasteiger partial charge in [0.25, 0.3) is 17.6 Å². The van der Waals surface area contributed by atoms with Crippen molar-refractivity contribution in [2.75, 3.05) is 16.8 Å². The van der Waals surface area contributed by atoms with Crippen molar-refractivity contribution in [1.82, 2.24) is 10.3 Å². The lowest BCUT2D eigenvalue weighted by molar-refractivity contribution is -0.0885.